The Hall–Kier alpha value is -0.770. The van der Waals surface area contributed by atoms with E-state index in [9.17, 15) is 0 Å². The second-order valence-corrected chi connectivity index (χ2v) is 5.14. The number of aryl methyl sites for hydroxylation is 1. The van der Waals surface area contributed by atoms with Crippen molar-refractivity contribution >= 4 is 27.5 Å². The number of nitrogens with one attached hydrogen (secondary N) is 1. The lowest BCUT2D eigenvalue weighted by molar-refractivity contribution is 0.461. The van der Waals surface area contributed by atoms with E-state index in [1.165, 1.54) is 0 Å². The zero-order valence-corrected chi connectivity index (χ0v) is 11.8. The summed E-state index contributed by atoms with van der Waals surface area (Å²) in [5.41, 5.74) is 1.14. The minimum absolute atomic E-state index is 0.715. The van der Waals surface area contributed by atoms with Crippen LogP contribution in [0.25, 0.3) is 0 Å². The van der Waals surface area contributed by atoms with Crippen LogP contribution in [-0.2, 0) is 13.1 Å². The summed E-state index contributed by atoms with van der Waals surface area (Å²) in [6.45, 7) is 3.41. The summed E-state index contributed by atoms with van der Waals surface area (Å²) in [4.78, 5) is 0. The highest BCUT2D eigenvalue weighted by Crippen LogP contribution is 2.21. The van der Waals surface area contributed by atoms with Crippen molar-refractivity contribution in [3.05, 3.63) is 56.9 Å². The zero-order chi connectivity index (χ0) is 12.3. The van der Waals surface area contributed by atoms with E-state index >= 15 is 0 Å². The van der Waals surface area contributed by atoms with Crippen LogP contribution in [0.1, 0.15) is 17.1 Å². The third-order valence-corrected chi connectivity index (χ3v) is 3.43. The number of hydrogen-bond acceptors (Lipinski definition) is 2. The lowest BCUT2D eigenvalue weighted by Gasteiger charge is -2.06. The molecular formula is C13H13BrClNO. The van der Waals surface area contributed by atoms with Crippen LogP contribution < -0.4 is 5.32 Å². The molecule has 0 fully saturated rings. The van der Waals surface area contributed by atoms with Crippen molar-refractivity contribution in [3.63, 3.8) is 0 Å². The van der Waals surface area contributed by atoms with Crippen LogP contribution >= 0.6 is 27.5 Å². The second-order valence-electron chi connectivity index (χ2n) is 3.85. The smallest absolute Gasteiger partial charge is 0.117 e. The van der Waals surface area contributed by atoms with Gasteiger partial charge in [0.05, 0.1) is 6.54 Å². The van der Waals surface area contributed by atoms with Crippen LogP contribution in [0.3, 0.4) is 0 Å². The number of halogens is 2. The Kier molecular flexibility index (Phi) is 4.26. The lowest BCUT2D eigenvalue weighted by atomic mass is 10.2. The SMILES string of the molecule is Cc1ccc(CNCc2cc(Cl)ccc2Br)o1. The molecule has 0 amide bonds. The van der Waals surface area contributed by atoms with Crippen LogP contribution in [0.15, 0.2) is 39.2 Å². The molecule has 0 atom stereocenters. The summed E-state index contributed by atoms with van der Waals surface area (Å²) >= 11 is 9.45. The second kappa shape index (κ2) is 5.71. The van der Waals surface area contributed by atoms with Crippen LogP contribution in [0.4, 0.5) is 0 Å². The molecule has 2 nitrogen and oxygen atoms in total. The van der Waals surface area contributed by atoms with Gasteiger partial charge < -0.3 is 9.73 Å². The van der Waals surface area contributed by atoms with Crippen molar-refractivity contribution in [1.29, 1.82) is 0 Å². The fourth-order valence-electron chi connectivity index (χ4n) is 1.58. The predicted molar refractivity (Wildman–Crippen MR) is 73.1 cm³/mol. The Labute approximate surface area is 114 Å². The highest BCUT2D eigenvalue weighted by atomic mass is 79.9. The van der Waals surface area contributed by atoms with E-state index < -0.39 is 0 Å². The maximum absolute atomic E-state index is 5.95. The molecule has 0 spiro atoms. The first kappa shape index (κ1) is 12.7. The first-order valence-corrected chi connectivity index (χ1v) is 6.52. The molecule has 1 aromatic heterocycles. The maximum atomic E-state index is 5.95. The Morgan fingerprint density at radius 3 is 2.76 bits per heavy atom. The predicted octanol–water partition coefficient (Wildman–Crippen LogP) is 4.29. The molecule has 0 bridgehead atoms. The zero-order valence-electron chi connectivity index (χ0n) is 9.47. The van der Waals surface area contributed by atoms with Gasteiger partial charge in [-0.1, -0.05) is 27.5 Å². The van der Waals surface area contributed by atoms with Gasteiger partial charge in [-0.05, 0) is 42.8 Å². The Bertz CT molecular complexity index is 510. The van der Waals surface area contributed by atoms with Crippen LogP contribution in [0, 0.1) is 6.92 Å². The standard InChI is InChI=1S/C13H13BrClNO/c1-9-2-4-12(17-9)8-16-7-10-6-11(15)3-5-13(10)14/h2-6,16H,7-8H2,1H3. The van der Waals surface area contributed by atoms with Crippen LogP contribution in [0.5, 0.6) is 0 Å². The molecule has 1 aromatic carbocycles. The van der Waals surface area contributed by atoms with Crippen molar-refractivity contribution in [2.24, 2.45) is 0 Å². The molecule has 0 aliphatic rings. The van der Waals surface area contributed by atoms with Gasteiger partial charge in [-0.2, -0.15) is 0 Å². The van der Waals surface area contributed by atoms with E-state index in [1.54, 1.807) is 0 Å². The number of benzene rings is 1. The molecule has 0 radical (unpaired) electrons. The molecule has 2 rings (SSSR count). The summed E-state index contributed by atoms with van der Waals surface area (Å²) in [5, 5.41) is 4.07. The minimum Gasteiger partial charge on any atom is -0.465 e. The quantitative estimate of drug-likeness (QED) is 0.910. The summed E-state index contributed by atoms with van der Waals surface area (Å²) in [7, 11) is 0. The number of hydrogen-bond donors (Lipinski definition) is 1. The van der Waals surface area contributed by atoms with Gasteiger partial charge in [0.15, 0.2) is 0 Å². The van der Waals surface area contributed by atoms with Crippen LogP contribution in [0.2, 0.25) is 5.02 Å². The molecule has 4 heteroatoms. The van der Waals surface area contributed by atoms with E-state index in [2.05, 4.69) is 21.2 Å². The van der Waals surface area contributed by atoms with Crippen molar-refractivity contribution < 1.29 is 4.42 Å². The normalized spacial score (nSPS) is 10.8. The molecule has 17 heavy (non-hydrogen) atoms. The molecule has 0 aliphatic heterocycles. The van der Waals surface area contributed by atoms with Gasteiger partial charge in [-0.3, -0.25) is 0 Å². The van der Waals surface area contributed by atoms with Crippen LogP contribution in [-0.4, -0.2) is 0 Å². The van der Waals surface area contributed by atoms with E-state index in [0.717, 1.165) is 33.1 Å². The Morgan fingerprint density at radius 1 is 1.24 bits per heavy atom. The van der Waals surface area contributed by atoms with Gasteiger partial charge in [-0.15, -0.1) is 0 Å². The number of rotatable bonds is 4. The van der Waals surface area contributed by atoms with Gasteiger partial charge in [0.2, 0.25) is 0 Å². The van der Waals surface area contributed by atoms with Crippen molar-refractivity contribution in [2.75, 3.05) is 0 Å². The van der Waals surface area contributed by atoms with Crippen molar-refractivity contribution in [3.8, 4) is 0 Å². The third-order valence-electron chi connectivity index (χ3n) is 2.42. The number of furan rings is 1. The third kappa shape index (κ3) is 3.60. The fraction of sp³-hybridized carbons (Fsp3) is 0.231. The molecule has 2 aromatic rings. The van der Waals surface area contributed by atoms with Crippen molar-refractivity contribution in [2.45, 2.75) is 20.0 Å². The Morgan fingerprint density at radius 2 is 2.06 bits per heavy atom. The monoisotopic (exact) mass is 313 g/mol. The molecule has 0 aliphatic carbocycles. The average molecular weight is 315 g/mol. The van der Waals surface area contributed by atoms with Gasteiger partial charge in [-0.25, -0.2) is 0 Å². The Balaban J connectivity index is 1.91. The van der Waals surface area contributed by atoms with Gasteiger partial charge in [0.1, 0.15) is 11.5 Å². The molecule has 90 valence electrons. The molecule has 1 heterocycles. The minimum atomic E-state index is 0.715. The van der Waals surface area contributed by atoms with E-state index in [0.29, 0.717) is 6.54 Å². The van der Waals surface area contributed by atoms with E-state index in [4.69, 9.17) is 16.0 Å². The molecule has 0 saturated heterocycles. The van der Waals surface area contributed by atoms with E-state index in [-0.39, 0.29) is 0 Å². The summed E-state index contributed by atoms with van der Waals surface area (Å²) < 4.78 is 6.54. The lowest BCUT2D eigenvalue weighted by Crippen LogP contribution is -2.12. The van der Waals surface area contributed by atoms with Crippen molar-refractivity contribution in [1.82, 2.24) is 5.32 Å². The molecule has 1 N–H and O–H groups in total. The molecule has 0 saturated carbocycles. The van der Waals surface area contributed by atoms with Gasteiger partial charge in [0, 0.05) is 16.0 Å². The summed E-state index contributed by atoms with van der Waals surface area (Å²) in [6, 6.07) is 9.72. The highest BCUT2D eigenvalue weighted by Gasteiger charge is 2.02. The average Bonchev–Trinajstić information content (AvgIpc) is 2.69. The summed E-state index contributed by atoms with van der Waals surface area (Å²) in [6.07, 6.45) is 0. The maximum Gasteiger partial charge on any atom is 0.117 e. The fourth-order valence-corrected chi connectivity index (χ4v) is 2.16. The molecular weight excluding hydrogens is 302 g/mol. The topological polar surface area (TPSA) is 25.2 Å². The molecule has 0 unspecified atom stereocenters. The highest BCUT2D eigenvalue weighted by molar-refractivity contribution is 9.10. The first-order valence-electron chi connectivity index (χ1n) is 5.35. The van der Waals surface area contributed by atoms with Gasteiger partial charge in [0.25, 0.3) is 0 Å². The van der Waals surface area contributed by atoms with E-state index in [1.807, 2.05) is 37.3 Å². The largest absolute Gasteiger partial charge is 0.465 e. The van der Waals surface area contributed by atoms with Gasteiger partial charge >= 0.3 is 0 Å². The summed E-state index contributed by atoms with van der Waals surface area (Å²) in [5.74, 6) is 1.88. The first-order chi connectivity index (χ1) is 8.15.